The summed E-state index contributed by atoms with van der Waals surface area (Å²) in [6.07, 6.45) is 0.324. The summed E-state index contributed by atoms with van der Waals surface area (Å²) >= 11 is 0. The molecule has 0 saturated heterocycles. The maximum atomic E-state index is 14.7. The van der Waals surface area contributed by atoms with Crippen LogP contribution in [0, 0.1) is 5.82 Å². The van der Waals surface area contributed by atoms with E-state index in [0.717, 1.165) is 17.7 Å². The van der Waals surface area contributed by atoms with E-state index < -0.39 is 26.8 Å². The highest BCUT2D eigenvalue weighted by atomic mass is 32.2. The highest BCUT2D eigenvalue weighted by Crippen LogP contribution is 2.33. The van der Waals surface area contributed by atoms with E-state index in [1.54, 1.807) is 50.6 Å². The van der Waals surface area contributed by atoms with Crippen LogP contribution in [0.25, 0.3) is 0 Å². The third-order valence-corrected chi connectivity index (χ3v) is 6.63. The molecule has 0 aliphatic heterocycles. The number of benzene rings is 3. The van der Waals surface area contributed by atoms with Crippen LogP contribution in [0.2, 0.25) is 0 Å². The minimum atomic E-state index is -4.26. The molecule has 1 unspecified atom stereocenters. The largest absolute Gasteiger partial charge is 0.497 e. The molecule has 0 heterocycles. The van der Waals surface area contributed by atoms with Crippen molar-refractivity contribution in [3.63, 3.8) is 0 Å². The van der Waals surface area contributed by atoms with Crippen LogP contribution in [-0.2, 0) is 16.4 Å². The number of methoxy groups -OCH3 is 4. The Morgan fingerprint density at radius 1 is 0.788 bits per heavy atom. The summed E-state index contributed by atoms with van der Waals surface area (Å²) in [5.41, 5.74) is 1.56. The van der Waals surface area contributed by atoms with Crippen molar-refractivity contribution in [1.29, 1.82) is 0 Å². The van der Waals surface area contributed by atoms with Gasteiger partial charge in [0.25, 0.3) is 0 Å². The van der Waals surface area contributed by atoms with Crippen LogP contribution in [0.5, 0.6) is 23.0 Å². The summed E-state index contributed by atoms with van der Waals surface area (Å²) in [4.78, 5) is -0.534. The van der Waals surface area contributed by atoms with Crippen LogP contribution >= 0.6 is 0 Å². The molecule has 0 fully saturated rings. The van der Waals surface area contributed by atoms with E-state index in [4.69, 9.17) is 18.9 Å². The topological polar surface area (TPSA) is 83.1 Å². The minimum Gasteiger partial charge on any atom is -0.497 e. The third kappa shape index (κ3) is 5.74. The van der Waals surface area contributed by atoms with Gasteiger partial charge in [-0.25, -0.2) is 17.5 Å². The molecule has 0 spiro atoms. The second-order valence-corrected chi connectivity index (χ2v) is 8.82. The summed E-state index contributed by atoms with van der Waals surface area (Å²) in [7, 11) is 1.55. The highest BCUT2D eigenvalue weighted by Gasteiger charge is 2.27. The van der Waals surface area contributed by atoms with Gasteiger partial charge in [-0.15, -0.1) is 0 Å². The number of hydrogen-bond acceptors (Lipinski definition) is 6. The second-order valence-electron chi connectivity index (χ2n) is 7.14. The maximum absolute atomic E-state index is 14.7. The molecular formula is C24H26FNO6S. The molecule has 0 aliphatic rings. The first kappa shape index (κ1) is 24.3. The highest BCUT2D eigenvalue weighted by molar-refractivity contribution is 7.89. The van der Waals surface area contributed by atoms with Crippen LogP contribution in [-0.4, -0.2) is 36.9 Å². The zero-order chi connectivity index (χ0) is 24.0. The molecule has 7 nitrogen and oxygen atoms in total. The molecular weight excluding hydrogens is 449 g/mol. The van der Waals surface area contributed by atoms with Gasteiger partial charge in [-0.1, -0.05) is 24.3 Å². The first-order chi connectivity index (χ1) is 15.8. The number of halogens is 1. The summed E-state index contributed by atoms with van der Waals surface area (Å²) in [6.45, 7) is 0. The van der Waals surface area contributed by atoms with E-state index in [1.807, 2.05) is 12.1 Å². The average Bonchev–Trinajstić information content (AvgIpc) is 2.83. The quantitative estimate of drug-likeness (QED) is 0.475. The van der Waals surface area contributed by atoms with Gasteiger partial charge in [-0.3, -0.25) is 0 Å². The molecule has 0 aliphatic carbocycles. The van der Waals surface area contributed by atoms with Crippen molar-refractivity contribution in [2.75, 3.05) is 28.4 Å². The molecule has 33 heavy (non-hydrogen) atoms. The van der Waals surface area contributed by atoms with E-state index in [9.17, 15) is 12.8 Å². The van der Waals surface area contributed by atoms with Crippen molar-refractivity contribution in [3.05, 3.63) is 77.6 Å². The molecule has 0 bridgehead atoms. The van der Waals surface area contributed by atoms with Crippen molar-refractivity contribution in [2.24, 2.45) is 0 Å². The lowest BCUT2D eigenvalue weighted by molar-refractivity contribution is 0.350. The van der Waals surface area contributed by atoms with Gasteiger partial charge in [-0.2, -0.15) is 0 Å². The number of ether oxygens (including phenoxy) is 4. The monoisotopic (exact) mass is 475 g/mol. The van der Waals surface area contributed by atoms with Gasteiger partial charge in [0.15, 0.2) is 11.5 Å². The fraction of sp³-hybridized carbons (Fsp3) is 0.250. The molecule has 176 valence electrons. The SMILES string of the molecule is COc1ccc(CC(NS(=O)(=O)c2cc(OC)c(OC)cc2F)c2ccc(OC)cc2)cc1. The van der Waals surface area contributed by atoms with Crippen LogP contribution in [0.4, 0.5) is 4.39 Å². The van der Waals surface area contributed by atoms with Crippen molar-refractivity contribution >= 4 is 10.0 Å². The van der Waals surface area contributed by atoms with Crippen LogP contribution in [0.3, 0.4) is 0 Å². The summed E-state index contributed by atoms with van der Waals surface area (Å²) in [5.74, 6) is 0.579. The Hall–Kier alpha value is -3.30. The first-order valence-electron chi connectivity index (χ1n) is 10.0. The van der Waals surface area contributed by atoms with Crippen LogP contribution in [0.1, 0.15) is 17.2 Å². The molecule has 3 rings (SSSR count). The van der Waals surface area contributed by atoms with E-state index in [1.165, 1.54) is 14.2 Å². The minimum absolute atomic E-state index is 0.0962. The Balaban J connectivity index is 1.99. The Morgan fingerprint density at radius 2 is 1.30 bits per heavy atom. The summed E-state index contributed by atoms with van der Waals surface area (Å²) in [5, 5.41) is 0. The zero-order valence-electron chi connectivity index (χ0n) is 18.8. The second kappa shape index (κ2) is 10.5. The number of hydrogen-bond donors (Lipinski definition) is 1. The molecule has 1 N–H and O–H groups in total. The summed E-state index contributed by atoms with van der Waals surface area (Å²) in [6, 6.07) is 15.7. The van der Waals surface area contributed by atoms with Gasteiger partial charge in [0.1, 0.15) is 22.2 Å². The summed E-state index contributed by atoms with van der Waals surface area (Å²) < 4.78 is 64.4. The van der Waals surface area contributed by atoms with Gasteiger partial charge in [-0.05, 0) is 41.8 Å². The number of nitrogens with one attached hydrogen (secondary N) is 1. The molecule has 1 atom stereocenters. The predicted molar refractivity (Wildman–Crippen MR) is 122 cm³/mol. The molecule has 0 saturated carbocycles. The average molecular weight is 476 g/mol. The standard InChI is InChI=1S/C24H26FNO6S/c1-29-18-9-5-16(6-10-18)13-21(17-7-11-19(30-2)12-8-17)26-33(27,28)24-15-23(32-4)22(31-3)14-20(24)25/h5-12,14-15,21,26H,13H2,1-4H3. The van der Waals surface area contributed by atoms with Gasteiger partial charge in [0.05, 0.1) is 34.5 Å². The van der Waals surface area contributed by atoms with Crippen LogP contribution < -0.4 is 23.7 Å². The lowest BCUT2D eigenvalue weighted by Gasteiger charge is -2.21. The van der Waals surface area contributed by atoms with Crippen molar-refractivity contribution < 1.29 is 31.8 Å². The van der Waals surface area contributed by atoms with E-state index in [-0.39, 0.29) is 11.5 Å². The molecule has 9 heteroatoms. The Labute approximate surface area is 193 Å². The van der Waals surface area contributed by atoms with E-state index in [0.29, 0.717) is 23.5 Å². The zero-order valence-corrected chi connectivity index (χ0v) is 19.6. The van der Waals surface area contributed by atoms with Crippen molar-refractivity contribution in [2.45, 2.75) is 17.4 Å². The Kier molecular flexibility index (Phi) is 7.78. The third-order valence-electron chi connectivity index (χ3n) is 5.14. The lowest BCUT2D eigenvalue weighted by atomic mass is 9.99. The molecule has 3 aromatic rings. The molecule has 0 radical (unpaired) electrons. The maximum Gasteiger partial charge on any atom is 0.244 e. The first-order valence-corrected chi connectivity index (χ1v) is 11.5. The van der Waals surface area contributed by atoms with Gasteiger partial charge in [0.2, 0.25) is 10.0 Å². The Bertz CT molecular complexity index is 1180. The van der Waals surface area contributed by atoms with Crippen molar-refractivity contribution in [1.82, 2.24) is 4.72 Å². The van der Waals surface area contributed by atoms with Crippen molar-refractivity contribution in [3.8, 4) is 23.0 Å². The molecule has 0 amide bonds. The fourth-order valence-electron chi connectivity index (χ4n) is 3.35. The lowest BCUT2D eigenvalue weighted by Crippen LogP contribution is -2.30. The van der Waals surface area contributed by atoms with Crippen LogP contribution in [0.15, 0.2) is 65.6 Å². The predicted octanol–water partition coefficient (Wildman–Crippen LogP) is 4.12. The fourth-order valence-corrected chi connectivity index (χ4v) is 4.65. The normalized spacial score (nSPS) is 12.2. The van der Waals surface area contributed by atoms with E-state index in [2.05, 4.69) is 4.72 Å². The van der Waals surface area contributed by atoms with Gasteiger partial charge in [0, 0.05) is 12.1 Å². The van der Waals surface area contributed by atoms with Gasteiger partial charge < -0.3 is 18.9 Å². The molecule has 0 aromatic heterocycles. The Morgan fingerprint density at radius 3 is 1.82 bits per heavy atom. The smallest absolute Gasteiger partial charge is 0.244 e. The number of sulfonamides is 1. The number of rotatable bonds is 10. The van der Waals surface area contributed by atoms with E-state index >= 15 is 0 Å². The molecule has 3 aromatic carbocycles. The van der Waals surface area contributed by atoms with Gasteiger partial charge >= 0.3 is 0 Å².